The van der Waals surface area contributed by atoms with Gasteiger partial charge in [-0.2, -0.15) is 0 Å². The van der Waals surface area contributed by atoms with Crippen molar-refractivity contribution in [3.05, 3.63) is 0 Å². The van der Waals surface area contributed by atoms with Crippen molar-refractivity contribution in [2.24, 2.45) is 5.84 Å². The Kier molecular flexibility index (Phi) is 3.80. The van der Waals surface area contributed by atoms with Crippen LogP contribution in [-0.2, 0) is 0 Å². The van der Waals surface area contributed by atoms with Crippen LogP contribution in [0.1, 0.15) is 0 Å². The minimum absolute atomic E-state index is 0.208. The molecule has 0 aliphatic carbocycles. The zero-order valence-corrected chi connectivity index (χ0v) is 4.07. The largest absolute Gasteiger partial charge is 0.277 e. The molecule has 0 aromatic heterocycles. The normalized spacial score (nSPS) is 10.3. The monoisotopic (exact) mass is 108 g/mol. The third-order valence-electron chi connectivity index (χ3n) is 0.575. The Morgan fingerprint density at radius 2 is 1.71 bits per heavy atom. The average Bonchev–Trinajstić information content (AvgIpc) is 1.72. The van der Waals surface area contributed by atoms with Gasteiger partial charge in [0.15, 0.2) is 0 Å². The second-order valence-corrected chi connectivity index (χ2v) is 1.01. The van der Waals surface area contributed by atoms with Crippen molar-refractivity contribution in [1.82, 2.24) is 16.3 Å². The van der Waals surface area contributed by atoms with Crippen LogP contribution < -0.4 is 33.8 Å². The molecule has 0 saturated carbocycles. The lowest BCUT2D eigenvalue weighted by atomic mass is 10.9. The topological polar surface area (TPSA) is 117 Å². The molecule has 0 unspecified atom stereocenters. The lowest BCUT2D eigenvalue weighted by Crippen LogP contribution is -2.84. The molecule has 0 fully saturated rings. The Morgan fingerprint density at radius 1 is 1.29 bits per heavy atom. The van der Waals surface area contributed by atoms with Gasteiger partial charge in [-0.1, -0.05) is 0 Å². The molecule has 0 spiro atoms. The predicted octanol–water partition coefficient (Wildman–Crippen LogP) is -4.77. The van der Waals surface area contributed by atoms with E-state index in [1.165, 1.54) is 0 Å². The fourth-order valence-electron chi connectivity index (χ4n) is 0.190. The van der Waals surface area contributed by atoms with Crippen molar-refractivity contribution in [3.8, 4) is 0 Å². The van der Waals surface area contributed by atoms with Gasteiger partial charge < -0.3 is 0 Å². The third-order valence-corrected chi connectivity index (χ3v) is 0.575. The first kappa shape index (κ1) is 6.76. The van der Waals surface area contributed by atoms with Crippen molar-refractivity contribution >= 4 is 0 Å². The van der Waals surface area contributed by atoms with Crippen LogP contribution in [0.25, 0.3) is 0 Å². The summed E-state index contributed by atoms with van der Waals surface area (Å²) in [6.45, 7) is 0. The van der Waals surface area contributed by atoms with E-state index in [9.17, 15) is 0 Å². The van der Waals surface area contributed by atoms with E-state index in [1.807, 2.05) is 0 Å². The van der Waals surface area contributed by atoms with E-state index in [-0.39, 0.29) is 6.29 Å². The van der Waals surface area contributed by atoms with Crippen molar-refractivity contribution in [2.75, 3.05) is 0 Å². The molecule has 0 saturated heterocycles. The van der Waals surface area contributed by atoms with Crippen LogP contribution in [0.2, 0.25) is 0 Å². The molecule has 0 atom stereocenters. The summed E-state index contributed by atoms with van der Waals surface area (Å²) in [6.07, 6.45) is -0.208. The first-order valence-electron chi connectivity index (χ1n) is 1.86. The van der Waals surface area contributed by atoms with Crippen LogP contribution >= 0.6 is 0 Å². The molecule has 0 amide bonds. The maximum absolute atomic E-state index is 4.94. The van der Waals surface area contributed by atoms with Crippen LogP contribution in [0, 0.1) is 0 Å². The van der Waals surface area contributed by atoms with Crippen molar-refractivity contribution in [1.29, 1.82) is 0 Å². The Balaban J connectivity index is 2.99. The second-order valence-electron chi connectivity index (χ2n) is 1.01. The van der Waals surface area contributed by atoms with Gasteiger partial charge in [0.25, 0.3) is 0 Å². The maximum Gasteiger partial charge on any atom is 0.213 e. The van der Waals surface area contributed by atoms with Crippen LogP contribution in [0.5, 0.6) is 0 Å². The minimum atomic E-state index is -0.208. The minimum Gasteiger partial charge on any atom is -0.277 e. The molecule has 0 aromatic rings. The molecule has 0 aliphatic heterocycles. The number of hydrogen-bond donors (Lipinski definition) is 6. The molecule has 11 N–H and O–H groups in total. The van der Waals surface area contributed by atoms with Crippen LogP contribution in [0.4, 0.5) is 0 Å². The van der Waals surface area contributed by atoms with Gasteiger partial charge in [-0.25, -0.2) is 5.43 Å². The van der Waals surface area contributed by atoms with Crippen molar-refractivity contribution < 1.29 is 11.7 Å². The Labute approximate surface area is 41.3 Å². The highest BCUT2D eigenvalue weighted by molar-refractivity contribution is 4.35. The fourth-order valence-corrected chi connectivity index (χ4v) is 0.190. The first-order chi connectivity index (χ1) is 3.35. The summed E-state index contributed by atoms with van der Waals surface area (Å²) in [5, 5.41) is 0. The number of nitrogens with one attached hydrogen (secondary N) is 3. The lowest BCUT2D eigenvalue weighted by molar-refractivity contribution is -0.507. The van der Waals surface area contributed by atoms with Gasteiger partial charge in [0.1, 0.15) is 0 Å². The van der Waals surface area contributed by atoms with E-state index in [1.54, 1.807) is 0 Å². The molecule has 6 nitrogen and oxygen atoms in total. The van der Waals surface area contributed by atoms with Gasteiger partial charge >= 0.3 is 0 Å². The fraction of sp³-hybridized carbons (Fsp3) is 1.00. The summed E-state index contributed by atoms with van der Waals surface area (Å²) < 4.78 is 0. The molecule has 0 aromatic carbocycles. The van der Waals surface area contributed by atoms with Crippen molar-refractivity contribution in [3.63, 3.8) is 0 Å². The van der Waals surface area contributed by atoms with E-state index in [0.29, 0.717) is 0 Å². The van der Waals surface area contributed by atoms with Crippen LogP contribution in [0.15, 0.2) is 0 Å². The summed E-state index contributed by atoms with van der Waals surface area (Å²) in [4.78, 5) is 0. The summed E-state index contributed by atoms with van der Waals surface area (Å²) >= 11 is 0. The van der Waals surface area contributed by atoms with Gasteiger partial charge in [-0.3, -0.25) is 17.5 Å². The van der Waals surface area contributed by atoms with Crippen LogP contribution in [-0.4, -0.2) is 6.29 Å². The highest BCUT2D eigenvalue weighted by atomic mass is 15.5. The number of quaternary nitrogens is 2. The van der Waals surface area contributed by atoms with E-state index < -0.39 is 0 Å². The summed E-state index contributed by atoms with van der Waals surface area (Å²) in [7, 11) is 0. The van der Waals surface area contributed by atoms with Crippen molar-refractivity contribution in [2.45, 2.75) is 6.29 Å². The van der Waals surface area contributed by atoms with Crippen LogP contribution in [0.3, 0.4) is 0 Å². The van der Waals surface area contributed by atoms with E-state index in [4.69, 9.17) is 5.84 Å². The predicted molar refractivity (Wildman–Crippen MR) is 23.2 cm³/mol. The highest BCUT2D eigenvalue weighted by Gasteiger charge is 1.98. The van der Waals surface area contributed by atoms with E-state index in [2.05, 4.69) is 28.0 Å². The highest BCUT2D eigenvalue weighted by Crippen LogP contribution is 1.45. The zero-order chi connectivity index (χ0) is 5.70. The molecule has 7 heavy (non-hydrogen) atoms. The standard InChI is InChI=1S/CH10N6/c2-5-1(6-3)7-4/h1,5-7H,2-4H2/p+2. The zero-order valence-electron chi connectivity index (χ0n) is 4.07. The number of hydrogen-bond acceptors (Lipinski definition) is 4. The molecule has 6 heteroatoms. The van der Waals surface area contributed by atoms with Gasteiger partial charge in [0, 0.05) is 0 Å². The average molecular weight is 108 g/mol. The molecule has 0 rings (SSSR count). The Morgan fingerprint density at radius 3 is 1.71 bits per heavy atom. The Hall–Kier alpha value is -0.240. The second kappa shape index (κ2) is 3.93. The molecule has 0 heterocycles. The number of nitrogens with two attached hydrogens (primary N) is 1. The van der Waals surface area contributed by atoms with Gasteiger partial charge in [-0.15, -0.1) is 10.9 Å². The van der Waals surface area contributed by atoms with Gasteiger partial charge in [0.2, 0.25) is 6.29 Å². The molecule has 0 aliphatic rings. The summed E-state index contributed by atoms with van der Waals surface area (Å²) in [5.74, 6) is 11.6. The third kappa shape index (κ3) is 2.45. The maximum atomic E-state index is 4.94. The molecule has 44 valence electrons. The molecular weight excluding hydrogens is 96.1 g/mol. The van der Waals surface area contributed by atoms with Gasteiger partial charge in [-0.05, 0) is 0 Å². The summed E-state index contributed by atoms with van der Waals surface area (Å²) in [6, 6.07) is 0. The molecular formula is CH12N6+2. The van der Waals surface area contributed by atoms with Gasteiger partial charge in [0.05, 0.1) is 0 Å². The molecule has 0 radical (unpaired) electrons. The lowest BCUT2D eigenvalue weighted by Gasteiger charge is -2.05. The smallest absolute Gasteiger partial charge is 0.213 e. The number of hydrazine groups is 1. The van der Waals surface area contributed by atoms with E-state index >= 15 is 0 Å². The quantitative estimate of drug-likeness (QED) is 0.124. The SMILES string of the molecule is NNC(N[NH3+])N[NH3+]. The first-order valence-corrected chi connectivity index (χ1v) is 1.86. The van der Waals surface area contributed by atoms with E-state index in [0.717, 1.165) is 0 Å². The molecule has 0 bridgehead atoms. The Bertz CT molecular complexity index is 25.7. The summed E-state index contributed by atoms with van der Waals surface area (Å²) in [5.41, 5.74) is 7.44. The number of rotatable bonds is 3.